The van der Waals surface area contributed by atoms with E-state index in [4.69, 9.17) is 4.98 Å². The van der Waals surface area contributed by atoms with Gasteiger partial charge in [0, 0.05) is 38.7 Å². The van der Waals surface area contributed by atoms with Crippen molar-refractivity contribution in [2.75, 3.05) is 0 Å². The summed E-state index contributed by atoms with van der Waals surface area (Å²) in [6.07, 6.45) is 6.54. The predicted octanol–water partition coefficient (Wildman–Crippen LogP) is 4.70. The van der Waals surface area contributed by atoms with Crippen LogP contribution in [0.25, 0.3) is 55.3 Å². The predicted molar refractivity (Wildman–Crippen MR) is 120 cm³/mol. The molecule has 0 atom stereocenters. The van der Waals surface area contributed by atoms with E-state index in [-0.39, 0.29) is 5.75 Å². The summed E-state index contributed by atoms with van der Waals surface area (Å²) in [7, 11) is 0. The second kappa shape index (κ2) is 6.71. The zero-order valence-electron chi connectivity index (χ0n) is 16.3. The molecule has 0 spiro atoms. The van der Waals surface area contributed by atoms with Gasteiger partial charge in [-0.2, -0.15) is 5.10 Å². The molecular weight excluding hydrogens is 410 g/mol. The molecule has 0 fully saturated rings. The lowest BCUT2D eigenvalue weighted by atomic mass is 10.1. The summed E-state index contributed by atoms with van der Waals surface area (Å²) in [6, 6.07) is 9.75. The summed E-state index contributed by atoms with van der Waals surface area (Å²) in [6.45, 7) is 2.09. The number of fused-ring (bicyclic) bond motifs is 2. The summed E-state index contributed by atoms with van der Waals surface area (Å²) in [4.78, 5) is 23.5. The Hall–Kier alpha value is -4.11. The SMILES string of the molecule is Cc1ccc(-c2ccnc3nc(-c4n[nH]c5cnc(-c6cncc(O)c6)cc45)[nH]c23)s1. The van der Waals surface area contributed by atoms with Crippen molar-refractivity contribution in [1.29, 1.82) is 0 Å². The second-order valence-corrected chi connectivity index (χ2v) is 8.46. The number of pyridine rings is 3. The normalized spacial score (nSPS) is 11.5. The van der Waals surface area contributed by atoms with Crippen LogP contribution in [0.15, 0.2) is 55.1 Å². The Kier molecular flexibility index (Phi) is 3.84. The fraction of sp³-hybridized carbons (Fsp3) is 0.0455. The number of aryl methyl sites for hydroxylation is 1. The molecule has 0 amide bonds. The largest absolute Gasteiger partial charge is 0.506 e. The molecule has 0 aromatic carbocycles. The first kappa shape index (κ1) is 17.7. The summed E-state index contributed by atoms with van der Waals surface area (Å²) < 4.78 is 0. The van der Waals surface area contributed by atoms with Gasteiger partial charge in [0.05, 0.1) is 29.1 Å². The number of H-pyrrole nitrogens is 2. The maximum Gasteiger partial charge on any atom is 0.178 e. The standard InChI is InChI=1S/C22H15N7OS/c1-11-2-3-18(31-11)14-4-5-24-21-19(14)26-22(27-21)20-15-7-16(25-10-17(15)28-29-20)12-6-13(30)9-23-8-12/h2-10,30H,1H3,(H,28,29)(H,24,26,27). The van der Waals surface area contributed by atoms with Crippen LogP contribution in [0.2, 0.25) is 0 Å². The molecule has 9 heteroatoms. The minimum atomic E-state index is 0.0894. The summed E-state index contributed by atoms with van der Waals surface area (Å²) in [5, 5.41) is 18.1. The molecule has 0 aliphatic rings. The second-order valence-electron chi connectivity index (χ2n) is 7.17. The third-order valence-electron chi connectivity index (χ3n) is 5.09. The lowest BCUT2D eigenvalue weighted by molar-refractivity contribution is 0.473. The Morgan fingerprint density at radius 2 is 1.97 bits per heavy atom. The van der Waals surface area contributed by atoms with Crippen molar-refractivity contribution in [3.8, 4) is 39.0 Å². The van der Waals surface area contributed by atoms with Crippen molar-refractivity contribution >= 4 is 33.4 Å². The summed E-state index contributed by atoms with van der Waals surface area (Å²) >= 11 is 1.73. The number of aromatic amines is 2. The molecule has 0 saturated carbocycles. The zero-order chi connectivity index (χ0) is 20.9. The van der Waals surface area contributed by atoms with E-state index in [9.17, 15) is 5.11 Å². The quantitative estimate of drug-likeness (QED) is 0.378. The van der Waals surface area contributed by atoms with Crippen molar-refractivity contribution in [2.24, 2.45) is 0 Å². The van der Waals surface area contributed by atoms with E-state index >= 15 is 0 Å². The fourth-order valence-electron chi connectivity index (χ4n) is 3.63. The Balaban J connectivity index is 1.51. The van der Waals surface area contributed by atoms with Gasteiger partial charge in [0.15, 0.2) is 11.5 Å². The van der Waals surface area contributed by atoms with Crippen molar-refractivity contribution in [2.45, 2.75) is 6.92 Å². The van der Waals surface area contributed by atoms with Crippen LogP contribution in [0, 0.1) is 6.92 Å². The minimum Gasteiger partial charge on any atom is -0.506 e. The van der Waals surface area contributed by atoms with Gasteiger partial charge < -0.3 is 10.1 Å². The number of hydrogen-bond donors (Lipinski definition) is 3. The van der Waals surface area contributed by atoms with E-state index in [1.54, 1.807) is 36.0 Å². The molecular formula is C22H15N7OS. The lowest BCUT2D eigenvalue weighted by Crippen LogP contribution is -1.86. The number of imidazole rings is 1. The van der Waals surface area contributed by atoms with E-state index in [0.29, 0.717) is 22.9 Å². The maximum atomic E-state index is 9.75. The monoisotopic (exact) mass is 425 g/mol. The molecule has 6 aromatic rings. The van der Waals surface area contributed by atoms with Gasteiger partial charge in [0.25, 0.3) is 0 Å². The summed E-state index contributed by atoms with van der Waals surface area (Å²) in [5.74, 6) is 0.715. The van der Waals surface area contributed by atoms with Crippen molar-refractivity contribution in [3.63, 3.8) is 0 Å². The highest BCUT2D eigenvalue weighted by atomic mass is 32.1. The molecule has 0 bridgehead atoms. The number of thiophene rings is 1. The molecule has 8 nitrogen and oxygen atoms in total. The number of nitrogens with one attached hydrogen (secondary N) is 2. The molecule has 3 N–H and O–H groups in total. The molecule has 0 aliphatic carbocycles. The number of nitrogens with zero attached hydrogens (tertiary/aromatic N) is 5. The highest BCUT2D eigenvalue weighted by molar-refractivity contribution is 7.15. The Labute approximate surface area is 179 Å². The Morgan fingerprint density at radius 1 is 1.03 bits per heavy atom. The molecule has 0 saturated heterocycles. The summed E-state index contributed by atoms with van der Waals surface area (Å²) in [5.41, 5.74) is 5.45. The number of aromatic hydroxyl groups is 1. The molecule has 6 heterocycles. The van der Waals surface area contributed by atoms with Crippen LogP contribution < -0.4 is 0 Å². The number of hydrogen-bond acceptors (Lipinski definition) is 7. The van der Waals surface area contributed by atoms with Gasteiger partial charge in [-0.1, -0.05) is 0 Å². The molecule has 0 radical (unpaired) electrons. The molecule has 6 rings (SSSR count). The highest BCUT2D eigenvalue weighted by Crippen LogP contribution is 2.34. The van der Waals surface area contributed by atoms with Crippen LogP contribution in [-0.2, 0) is 0 Å². The van der Waals surface area contributed by atoms with Crippen LogP contribution in [0.5, 0.6) is 5.75 Å². The topological polar surface area (TPSA) is 116 Å². The van der Waals surface area contributed by atoms with E-state index in [2.05, 4.69) is 49.2 Å². The number of rotatable bonds is 3. The lowest BCUT2D eigenvalue weighted by Gasteiger charge is -2.01. The van der Waals surface area contributed by atoms with Gasteiger partial charge in [-0.15, -0.1) is 11.3 Å². The smallest absolute Gasteiger partial charge is 0.178 e. The van der Waals surface area contributed by atoms with E-state index < -0.39 is 0 Å². The highest BCUT2D eigenvalue weighted by Gasteiger charge is 2.17. The van der Waals surface area contributed by atoms with Gasteiger partial charge in [-0.25, -0.2) is 9.97 Å². The van der Waals surface area contributed by atoms with Gasteiger partial charge in [0.2, 0.25) is 0 Å². The van der Waals surface area contributed by atoms with Crippen LogP contribution in [0.1, 0.15) is 4.88 Å². The first-order valence-corrected chi connectivity index (χ1v) is 10.4. The average Bonchev–Trinajstić information content (AvgIpc) is 3.50. The van der Waals surface area contributed by atoms with Gasteiger partial charge >= 0.3 is 0 Å². The minimum absolute atomic E-state index is 0.0894. The Morgan fingerprint density at radius 3 is 2.81 bits per heavy atom. The third kappa shape index (κ3) is 2.94. The molecule has 0 aliphatic heterocycles. The van der Waals surface area contributed by atoms with E-state index in [1.807, 2.05) is 12.1 Å². The van der Waals surface area contributed by atoms with Gasteiger partial charge in [0.1, 0.15) is 11.4 Å². The van der Waals surface area contributed by atoms with Crippen molar-refractivity contribution < 1.29 is 5.11 Å². The van der Waals surface area contributed by atoms with Gasteiger partial charge in [-0.05, 0) is 37.3 Å². The van der Waals surface area contributed by atoms with Crippen LogP contribution in [0.3, 0.4) is 0 Å². The molecule has 150 valence electrons. The van der Waals surface area contributed by atoms with Crippen LogP contribution in [0.4, 0.5) is 0 Å². The molecule has 31 heavy (non-hydrogen) atoms. The third-order valence-corrected chi connectivity index (χ3v) is 6.12. The number of aromatic nitrogens is 7. The fourth-order valence-corrected chi connectivity index (χ4v) is 4.53. The average molecular weight is 425 g/mol. The van der Waals surface area contributed by atoms with E-state index in [1.165, 1.54) is 11.1 Å². The molecule has 0 unspecified atom stereocenters. The zero-order valence-corrected chi connectivity index (χ0v) is 17.1. The first-order chi connectivity index (χ1) is 15.2. The Bertz CT molecular complexity index is 1580. The van der Waals surface area contributed by atoms with Crippen molar-refractivity contribution in [3.05, 3.63) is 60.0 Å². The van der Waals surface area contributed by atoms with Crippen molar-refractivity contribution in [1.82, 2.24) is 35.1 Å². The first-order valence-electron chi connectivity index (χ1n) is 9.56. The maximum absolute atomic E-state index is 9.75. The van der Waals surface area contributed by atoms with Crippen LogP contribution >= 0.6 is 11.3 Å². The molecule has 6 aromatic heterocycles. The van der Waals surface area contributed by atoms with Crippen LogP contribution in [-0.4, -0.2) is 40.2 Å². The van der Waals surface area contributed by atoms with Gasteiger partial charge in [-0.3, -0.25) is 15.1 Å². The van der Waals surface area contributed by atoms with E-state index in [0.717, 1.165) is 32.4 Å².